The predicted octanol–water partition coefficient (Wildman–Crippen LogP) is 4.75. The third kappa shape index (κ3) is 3.59. The summed E-state index contributed by atoms with van der Waals surface area (Å²) in [6.07, 6.45) is 4.75. The number of oxazole rings is 1. The molecule has 5 nitrogen and oxygen atoms in total. The summed E-state index contributed by atoms with van der Waals surface area (Å²) in [6, 6.07) is 18.8. The van der Waals surface area contributed by atoms with Crippen molar-refractivity contribution in [3.05, 3.63) is 78.4 Å². The zero-order valence-electron chi connectivity index (χ0n) is 16.5. The molecular weight excluding hydrogens is 350 g/mol. The first-order chi connectivity index (χ1) is 13.7. The van der Waals surface area contributed by atoms with Crippen molar-refractivity contribution in [1.29, 1.82) is 0 Å². The molecule has 0 aliphatic rings. The highest BCUT2D eigenvalue weighted by atomic mass is 16.5. The van der Waals surface area contributed by atoms with Gasteiger partial charge in [-0.15, -0.1) is 0 Å². The normalized spacial score (nSPS) is 12.7. The van der Waals surface area contributed by atoms with E-state index >= 15 is 0 Å². The molecule has 0 saturated heterocycles. The fraction of sp³-hybridized carbons (Fsp3) is 0.261. The molecule has 0 fully saturated rings. The fourth-order valence-corrected chi connectivity index (χ4v) is 3.58. The zero-order valence-corrected chi connectivity index (χ0v) is 16.5. The zero-order chi connectivity index (χ0) is 19.5. The smallest absolute Gasteiger partial charge is 0.212 e. The van der Waals surface area contributed by atoms with E-state index in [9.17, 15) is 0 Å². The number of hydrogen-bond donors (Lipinski definition) is 0. The number of rotatable bonds is 7. The molecule has 2 aromatic heterocycles. The Bertz CT molecular complexity index is 1050. The van der Waals surface area contributed by atoms with Gasteiger partial charge in [-0.2, -0.15) is 0 Å². The molecule has 2 heterocycles. The second-order valence-electron chi connectivity index (χ2n) is 7.18. The molecule has 4 aromatic rings. The average Bonchev–Trinajstić information content (AvgIpc) is 3.32. The topological polar surface area (TPSA) is 43.4 Å². The number of likely N-dealkylation sites (N-methyl/N-ethyl adjacent to an activating group) is 1. The molecule has 0 bridgehead atoms. The van der Waals surface area contributed by atoms with Crippen molar-refractivity contribution >= 4 is 10.9 Å². The third-order valence-electron chi connectivity index (χ3n) is 5.03. The van der Waals surface area contributed by atoms with Crippen LogP contribution in [0.3, 0.4) is 0 Å². The van der Waals surface area contributed by atoms with Crippen LogP contribution in [0.1, 0.15) is 17.5 Å². The SMILES string of the molecule is COCn1cc(-c2cnc([C@H](Cc3ccccc3)N(C)C)o2)c2ccccc21. The summed E-state index contributed by atoms with van der Waals surface area (Å²) >= 11 is 0. The minimum Gasteiger partial charge on any atom is -0.439 e. The summed E-state index contributed by atoms with van der Waals surface area (Å²) in [6.45, 7) is 0.496. The quantitative estimate of drug-likeness (QED) is 0.468. The molecule has 0 radical (unpaired) electrons. The van der Waals surface area contributed by atoms with E-state index in [4.69, 9.17) is 9.15 Å². The van der Waals surface area contributed by atoms with Crippen LogP contribution < -0.4 is 0 Å². The lowest BCUT2D eigenvalue weighted by molar-refractivity contribution is 0.135. The minimum atomic E-state index is 0.0727. The number of benzene rings is 2. The molecule has 144 valence electrons. The van der Waals surface area contributed by atoms with Gasteiger partial charge in [-0.25, -0.2) is 4.98 Å². The summed E-state index contributed by atoms with van der Waals surface area (Å²) in [7, 11) is 5.82. The van der Waals surface area contributed by atoms with Gasteiger partial charge in [0.1, 0.15) is 6.73 Å². The monoisotopic (exact) mass is 375 g/mol. The fourth-order valence-electron chi connectivity index (χ4n) is 3.58. The summed E-state index contributed by atoms with van der Waals surface area (Å²) in [5.41, 5.74) is 3.41. The highest BCUT2D eigenvalue weighted by Crippen LogP contribution is 2.33. The maximum absolute atomic E-state index is 6.26. The van der Waals surface area contributed by atoms with Crippen molar-refractivity contribution in [1.82, 2.24) is 14.5 Å². The first kappa shape index (κ1) is 18.5. The van der Waals surface area contributed by atoms with E-state index < -0.39 is 0 Å². The standard InChI is InChI=1S/C23H25N3O2/c1-25(2)21(13-17-9-5-4-6-10-17)23-24-14-22(28-23)19-15-26(16-27-3)20-12-8-7-11-18(19)20/h4-12,14-15,21H,13,16H2,1-3H3/t21-/m0/s1. The van der Waals surface area contributed by atoms with E-state index in [0.29, 0.717) is 6.73 Å². The van der Waals surface area contributed by atoms with Gasteiger partial charge in [0.25, 0.3) is 0 Å². The van der Waals surface area contributed by atoms with Gasteiger partial charge < -0.3 is 13.7 Å². The summed E-state index contributed by atoms with van der Waals surface area (Å²) in [5.74, 6) is 1.51. The Morgan fingerprint density at radius 1 is 1.07 bits per heavy atom. The van der Waals surface area contributed by atoms with Gasteiger partial charge in [-0.3, -0.25) is 4.90 Å². The highest BCUT2D eigenvalue weighted by molar-refractivity contribution is 5.94. The van der Waals surface area contributed by atoms with Crippen LogP contribution in [0.5, 0.6) is 0 Å². The van der Waals surface area contributed by atoms with Gasteiger partial charge in [-0.1, -0.05) is 48.5 Å². The number of methoxy groups -OCH3 is 1. The summed E-state index contributed by atoms with van der Waals surface area (Å²) in [5, 5.41) is 1.13. The van der Waals surface area contributed by atoms with Gasteiger partial charge in [0, 0.05) is 24.3 Å². The van der Waals surface area contributed by atoms with Crippen LogP contribution in [-0.4, -0.2) is 35.7 Å². The Kier molecular flexibility index (Phi) is 5.28. The van der Waals surface area contributed by atoms with Crippen LogP contribution in [0.4, 0.5) is 0 Å². The number of hydrogen-bond acceptors (Lipinski definition) is 4. The van der Waals surface area contributed by atoms with Crippen LogP contribution in [0.2, 0.25) is 0 Å². The summed E-state index contributed by atoms with van der Waals surface area (Å²) in [4.78, 5) is 6.77. The van der Waals surface area contributed by atoms with Gasteiger partial charge in [0.2, 0.25) is 5.89 Å². The van der Waals surface area contributed by atoms with Crippen molar-refractivity contribution in [2.24, 2.45) is 0 Å². The molecule has 28 heavy (non-hydrogen) atoms. The molecule has 0 aliphatic heterocycles. The molecule has 0 amide bonds. The third-order valence-corrected chi connectivity index (χ3v) is 5.03. The first-order valence-corrected chi connectivity index (χ1v) is 9.40. The first-order valence-electron chi connectivity index (χ1n) is 9.40. The number of fused-ring (bicyclic) bond motifs is 1. The maximum atomic E-state index is 6.26. The molecule has 2 aromatic carbocycles. The van der Waals surface area contributed by atoms with Crippen molar-refractivity contribution in [3.8, 4) is 11.3 Å². The lowest BCUT2D eigenvalue weighted by Crippen LogP contribution is -2.22. The lowest BCUT2D eigenvalue weighted by Gasteiger charge is -2.21. The van der Waals surface area contributed by atoms with E-state index in [-0.39, 0.29) is 6.04 Å². The molecular formula is C23H25N3O2. The largest absolute Gasteiger partial charge is 0.439 e. The Labute approximate surface area is 165 Å². The van der Waals surface area contributed by atoms with E-state index in [1.54, 1.807) is 7.11 Å². The second-order valence-corrected chi connectivity index (χ2v) is 7.18. The average molecular weight is 375 g/mol. The lowest BCUT2D eigenvalue weighted by atomic mass is 10.1. The predicted molar refractivity (Wildman–Crippen MR) is 111 cm³/mol. The summed E-state index contributed by atoms with van der Waals surface area (Å²) < 4.78 is 13.7. The van der Waals surface area contributed by atoms with Crippen molar-refractivity contribution < 1.29 is 9.15 Å². The Balaban J connectivity index is 1.69. The van der Waals surface area contributed by atoms with Crippen molar-refractivity contribution in [3.63, 3.8) is 0 Å². The molecule has 1 atom stereocenters. The molecule has 0 spiro atoms. The molecule has 0 saturated carbocycles. The van der Waals surface area contributed by atoms with E-state index in [1.165, 1.54) is 5.56 Å². The number of nitrogens with zero attached hydrogens (tertiary/aromatic N) is 3. The Hall–Kier alpha value is -2.89. The van der Waals surface area contributed by atoms with E-state index in [1.807, 2.05) is 24.4 Å². The molecule has 0 N–H and O–H groups in total. The van der Waals surface area contributed by atoms with Crippen LogP contribution in [0.15, 0.2) is 71.4 Å². The highest BCUT2D eigenvalue weighted by Gasteiger charge is 2.22. The minimum absolute atomic E-state index is 0.0727. The van der Waals surface area contributed by atoms with Crippen molar-refractivity contribution in [2.75, 3.05) is 21.2 Å². The van der Waals surface area contributed by atoms with Crippen LogP contribution >= 0.6 is 0 Å². The maximum Gasteiger partial charge on any atom is 0.212 e. The molecule has 5 heteroatoms. The van der Waals surface area contributed by atoms with E-state index in [2.05, 4.69) is 71.1 Å². The van der Waals surface area contributed by atoms with Gasteiger partial charge in [-0.05, 0) is 32.1 Å². The second kappa shape index (κ2) is 8.00. The van der Waals surface area contributed by atoms with Crippen LogP contribution in [-0.2, 0) is 17.9 Å². The Morgan fingerprint density at radius 2 is 1.82 bits per heavy atom. The van der Waals surface area contributed by atoms with Gasteiger partial charge in [0.05, 0.1) is 17.8 Å². The molecule has 0 aliphatic carbocycles. The Morgan fingerprint density at radius 3 is 2.57 bits per heavy atom. The number of para-hydroxylation sites is 1. The number of ether oxygens (including phenoxy) is 1. The van der Waals surface area contributed by atoms with Crippen molar-refractivity contribution in [2.45, 2.75) is 19.2 Å². The molecule has 4 rings (SSSR count). The van der Waals surface area contributed by atoms with Crippen LogP contribution in [0.25, 0.3) is 22.2 Å². The van der Waals surface area contributed by atoms with Gasteiger partial charge >= 0.3 is 0 Å². The van der Waals surface area contributed by atoms with Gasteiger partial charge in [0.15, 0.2) is 5.76 Å². The molecule has 0 unspecified atom stereocenters. The van der Waals surface area contributed by atoms with Crippen LogP contribution in [0, 0.1) is 0 Å². The number of aromatic nitrogens is 2. The van der Waals surface area contributed by atoms with E-state index in [0.717, 1.165) is 34.5 Å².